The van der Waals surface area contributed by atoms with Crippen molar-refractivity contribution >= 4 is 27.9 Å². The molecule has 1 fully saturated rings. The lowest BCUT2D eigenvalue weighted by Crippen LogP contribution is -2.33. The molecule has 1 aromatic heterocycles. The minimum Gasteiger partial charge on any atom is -0.463 e. The van der Waals surface area contributed by atoms with Crippen molar-refractivity contribution in [2.45, 2.75) is 38.7 Å². The van der Waals surface area contributed by atoms with E-state index in [1.807, 2.05) is 0 Å². The number of aromatic amines is 1. The lowest BCUT2D eigenvalue weighted by atomic mass is 10.2. The molecule has 126 valence electrons. The highest BCUT2D eigenvalue weighted by atomic mass is 79.9. The zero-order valence-corrected chi connectivity index (χ0v) is 14.0. The van der Waals surface area contributed by atoms with Gasteiger partial charge in [-0.1, -0.05) is 0 Å². The fraction of sp³-hybridized carbons (Fsp3) is 0.538. The van der Waals surface area contributed by atoms with Gasteiger partial charge in [-0.25, -0.2) is 4.79 Å². The van der Waals surface area contributed by atoms with Gasteiger partial charge in [-0.2, -0.15) is 0 Å². The van der Waals surface area contributed by atoms with Crippen molar-refractivity contribution in [2.75, 3.05) is 6.61 Å². The standard InChI is InChI=1S/C13H15BrN2O7/c1-6(17)21-5-10-9(22-7(2)18)3-11(23-10)16-4-8(14)12(19)15-13(16)20/h4,9-11H,3,5H2,1-2H3,(H,15,19,20)/t9-,10+,11-/m1/s1. The summed E-state index contributed by atoms with van der Waals surface area (Å²) >= 11 is 3.03. The van der Waals surface area contributed by atoms with Crippen molar-refractivity contribution in [3.63, 3.8) is 0 Å². The number of esters is 2. The molecule has 0 aromatic carbocycles. The molecule has 1 saturated heterocycles. The van der Waals surface area contributed by atoms with Crippen LogP contribution in [0.1, 0.15) is 26.5 Å². The molecule has 0 aliphatic carbocycles. The van der Waals surface area contributed by atoms with Crippen LogP contribution in [0.25, 0.3) is 0 Å². The van der Waals surface area contributed by atoms with E-state index in [0.717, 1.165) is 0 Å². The Morgan fingerprint density at radius 1 is 1.39 bits per heavy atom. The third-order valence-corrected chi connectivity index (χ3v) is 3.75. The molecule has 0 spiro atoms. The fourth-order valence-electron chi connectivity index (χ4n) is 2.23. The zero-order valence-electron chi connectivity index (χ0n) is 12.4. The molecule has 1 N–H and O–H groups in total. The van der Waals surface area contributed by atoms with Gasteiger partial charge in [0.2, 0.25) is 0 Å². The SMILES string of the molecule is CC(=O)OC[C@@H]1O[C@@H](n2cc(Br)c(=O)[nH]c2=O)C[C@H]1OC(C)=O. The summed E-state index contributed by atoms with van der Waals surface area (Å²) in [5.41, 5.74) is -1.21. The van der Waals surface area contributed by atoms with Gasteiger partial charge in [0.25, 0.3) is 5.56 Å². The quantitative estimate of drug-likeness (QED) is 0.723. The summed E-state index contributed by atoms with van der Waals surface area (Å²) < 4.78 is 17.0. The Morgan fingerprint density at radius 3 is 2.70 bits per heavy atom. The van der Waals surface area contributed by atoms with Crippen molar-refractivity contribution in [1.29, 1.82) is 0 Å². The Balaban J connectivity index is 2.23. The summed E-state index contributed by atoms with van der Waals surface area (Å²) in [4.78, 5) is 47.5. The molecule has 0 saturated carbocycles. The molecule has 1 aliphatic rings. The first-order chi connectivity index (χ1) is 10.8. The van der Waals surface area contributed by atoms with Crippen LogP contribution >= 0.6 is 15.9 Å². The number of nitrogens with one attached hydrogen (secondary N) is 1. The molecular weight excluding hydrogens is 376 g/mol. The number of hydrogen-bond acceptors (Lipinski definition) is 7. The number of hydrogen-bond donors (Lipinski definition) is 1. The first-order valence-electron chi connectivity index (χ1n) is 6.75. The average Bonchev–Trinajstić information content (AvgIpc) is 2.82. The van der Waals surface area contributed by atoms with E-state index in [9.17, 15) is 19.2 Å². The molecule has 9 nitrogen and oxygen atoms in total. The van der Waals surface area contributed by atoms with Crippen molar-refractivity contribution in [1.82, 2.24) is 9.55 Å². The third kappa shape index (κ3) is 4.29. The smallest absolute Gasteiger partial charge is 0.330 e. The van der Waals surface area contributed by atoms with E-state index in [2.05, 4.69) is 20.9 Å². The molecule has 3 atom stereocenters. The number of halogens is 1. The van der Waals surface area contributed by atoms with Crippen LogP contribution in [0, 0.1) is 0 Å². The van der Waals surface area contributed by atoms with Crippen LogP contribution in [-0.2, 0) is 23.8 Å². The normalized spacial score (nSPS) is 23.5. The molecule has 10 heteroatoms. The summed E-state index contributed by atoms with van der Waals surface area (Å²) in [6, 6.07) is 0. The van der Waals surface area contributed by atoms with Gasteiger partial charge in [-0.3, -0.25) is 23.9 Å². The highest BCUT2D eigenvalue weighted by Gasteiger charge is 2.39. The van der Waals surface area contributed by atoms with Crippen LogP contribution in [0.3, 0.4) is 0 Å². The molecular formula is C13H15BrN2O7. The van der Waals surface area contributed by atoms with E-state index in [4.69, 9.17) is 14.2 Å². The fourth-order valence-corrected chi connectivity index (χ4v) is 2.55. The highest BCUT2D eigenvalue weighted by Crippen LogP contribution is 2.30. The number of nitrogens with zero attached hydrogens (tertiary/aromatic N) is 1. The van der Waals surface area contributed by atoms with Gasteiger partial charge in [0.1, 0.15) is 25.0 Å². The van der Waals surface area contributed by atoms with Crippen molar-refractivity contribution in [3.8, 4) is 0 Å². The van der Waals surface area contributed by atoms with Gasteiger partial charge in [0, 0.05) is 26.5 Å². The maximum absolute atomic E-state index is 11.9. The van der Waals surface area contributed by atoms with E-state index in [0.29, 0.717) is 0 Å². The Bertz CT molecular complexity index is 726. The lowest BCUT2D eigenvalue weighted by molar-refractivity contribution is -0.155. The second kappa shape index (κ2) is 7.09. The molecule has 1 aromatic rings. The monoisotopic (exact) mass is 390 g/mol. The minimum absolute atomic E-state index is 0.108. The van der Waals surface area contributed by atoms with Gasteiger partial charge in [0.15, 0.2) is 0 Å². The van der Waals surface area contributed by atoms with Crippen molar-refractivity contribution in [3.05, 3.63) is 31.5 Å². The zero-order chi connectivity index (χ0) is 17.1. The Morgan fingerprint density at radius 2 is 2.09 bits per heavy atom. The molecule has 1 aliphatic heterocycles. The highest BCUT2D eigenvalue weighted by molar-refractivity contribution is 9.10. The maximum Gasteiger partial charge on any atom is 0.330 e. The van der Waals surface area contributed by atoms with Crippen LogP contribution in [-0.4, -0.2) is 40.3 Å². The van der Waals surface area contributed by atoms with E-state index in [1.165, 1.54) is 24.6 Å². The number of carbonyl (C=O) groups is 2. The van der Waals surface area contributed by atoms with E-state index < -0.39 is 41.6 Å². The van der Waals surface area contributed by atoms with Crippen molar-refractivity contribution < 1.29 is 23.8 Å². The van der Waals surface area contributed by atoms with E-state index in [-0.39, 0.29) is 17.5 Å². The number of aromatic nitrogens is 2. The number of carbonyl (C=O) groups excluding carboxylic acids is 2. The van der Waals surface area contributed by atoms with Crippen LogP contribution in [0.15, 0.2) is 20.3 Å². The van der Waals surface area contributed by atoms with Gasteiger partial charge in [-0.05, 0) is 15.9 Å². The first-order valence-corrected chi connectivity index (χ1v) is 7.54. The second-order valence-electron chi connectivity index (χ2n) is 4.96. The largest absolute Gasteiger partial charge is 0.463 e. The predicted octanol–water partition coefficient (Wildman–Crippen LogP) is 0.0814. The van der Waals surface area contributed by atoms with Crippen LogP contribution in [0.5, 0.6) is 0 Å². The summed E-state index contributed by atoms with van der Waals surface area (Å²) in [6.45, 7) is 2.39. The number of H-pyrrole nitrogens is 1. The summed E-state index contributed by atoms with van der Waals surface area (Å²) in [7, 11) is 0. The molecule has 0 amide bonds. The lowest BCUT2D eigenvalue weighted by Gasteiger charge is -2.17. The second-order valence-corrected chi connectivity index (χ2v) is 5.81. The van der Waals surface area contributed by atoms with Gasteiger partial charge >= 0.3 is 17.6 Å². The minimum atomic E-state index is -0.763. The van der Waals surface area contributed by atoms with Crippen molar-refractivity contribution in [2.24, 2.45) is 0 Å². The predicted molar refractivity (Wildman–Crippen MR) is 79.7 cm³/mol. The third-order valence-electron chi connectivity index (χ3n) is 3.18. The number of rotatable bonds is 4. The van der Waals surface area contributed by atoms with Gasteiger partial charge in [0.05, 0.1) is 4.47 Å². The van der Waals surface area contributed by atoms with Gasteiger partial charge in [-0.15, -0.1) is 0 Å². The Kier molecular flexibility index (Phi) is 5.37. The molecule has 23 heavy (non-hydrogen) atoms. The maximum atomic E-state index is 11.9. The molecule has 2 heterocycles. The van der Waals surface area contributed by atoms with Gasteiger partial charge < -0.3 is 14.2 Å². The van der Waals surface area contributed by atoms with Crippen LogP contribution in [0.4, 0.5) is 0 Å². The molecule has 2 rings (SSSR count). The first kappa shape index (κ1) is 17.4. The summed E-state index contributed by atoms with van der Waals surface area (Å²) in [6.07, 6.45) is -0.658. The number of ether oxygens (including phenoxy) is 3. The average molecular weight is 391 g/mol. The van der Waals surface area contributed by atoms with Crippen LogP contribution in [0.2, 0.25) is 0 Å². The molecule has 0 bridgehead atoms. The molecule has 0 radical (unpaired) electrons. The summed E-state index contributed by atoms with van der Waals surface area (Å²) in [5, 5.41) is 0. The van der Waals surface area contributed by atoms with E-state index in [1.54, 1.807) is 0 Å². The van der Waals surface area contributed by atoms with Crippen LogP contribution < -0.4 is 11.2 Å². The van der Waals surface area contributed by atoms with E-state index >= 15 is 0 Å². The Labute approximate surface area is 138 Å². The summed E-state index contributed by atoms with van der Waals surface area (Å²) in [5.74, 6) is -1.01. The Hall–Kier alpha value is -1.94. The topological polar surface area (TPSA) is 117 Å². The molecule has 0 unspecified atom stereocenters.